The summed E-state index contributed by atoms with van der Waals surface area (Å²) in [6, 6.07) is 13.7. The molecule has 33 heavy (non-hydrogen) atoms. The number of Topliss-reactive ketones (excluding diaryl/α,β-unsaturated/α-hetero) is 1. The molecule has 0 amide bonds. The lowest BCUT2D eigenvalue weighted by Crippen LogP contribution is -2.42. The van der Waals surface area contributed by atoms with Gasteiger partial charge in [0.2, 0.25) is 0 Å². The number of rotatable bonds is 5. The molecule has 0 spiro atoms. The minimum atomic E-state index is -0.566. The van der Waals surface area contributed by atoms with Crippen molar-refractivity contribution in [3.8, 4) is 5.75 Å². The summed E-state index contributed by atoms with van der Waals surface area (Å²) in [4.78, 5) is 26.6. The number of nitrogens with one attached hydrogen (secondary N) is 1. The quantitative estimate of drug-likeness (QED) is 0.651. The van der Waals surface area contributed by atoms with Crippen LogP contribution in [0.2, 0.25) is 0 Å². The average Bonchev–Trinajstić information content (AvgIpc) is 2.78. The van der Waals surface area contributed by atoms with Gasteiger partial charge in [-0.2, -0.15) is 0 Å². The second-order valence-corrected chi connectivity index (χ2v) is 8.80. The molecule has 2 aliphatic rings. The number of ether oxygens (including phenoxy) is 2. The number of hydrogen-bond donors (Lipinski definition) is 1. The minimum absolute atomic E-state index is 0.0255. The first-order chi connectivity index (χ1) is 15.8. The van der Waals surface area contributed by atoms with E-state index in [9.17, 15) is 14.0 Å². The van der Waals surface area contributed by atoms with Gasteiger partial charge in [0.05, 0.1) is 24.7 Å². The van der Waals surface area contributed by atoms with E-state index in [1.165, 1.54) is 12.1 Å². The van der Waals surface area contributed by atoms with Crippen molar-refractivity contribution in [2.24, 2.45) is 5.92 Å². The summed E-state index contributed by atoms with van der Waals surface area (Å²) in [6.45, 7) is 5.38. The molecule has 0 fully saturated rings. The van der Waals surface area contributed by atoms with Crippen LogP contribution < -0.4 is 10.1 Å². The van der Waals surface area contributed by atoms with Crippen LogP contribution in [0.1, 0.15) is 50.2 Å². The molecular formula is C27H28FNO4. The minimum Gasteiger partial charge on any atom is -0.497 e. The Balaban J connectivity index is 1.79. The van der Waals surface area contributed by atoms with E-state index in [1.807, 2.05) is 31.2 Å². The number of carbonyl (C=O) groups excluding carboxylic acids is 2. The van der Waals surface area contributed by atoms with E-state index in [0.29, 0.717) is 23.3 Å². The second kappa shape index (κ2) is 9.22. The lowest BCUT2D eigenvalue weighted by atomic mass is 9.68. The predicted octanol–water partition coefficient (Wildman–Crippen LogP) is 5.00. The standard InChI is InChI=1S/C27H28FNO4/c1-15(2)33-27(31)24-16(3)29-22-13-19(17-7-11-21(32-4)12-8-17)14-23(30)26(22)25(24)18-5-9-20(28)10-6-18/h5-13,15,19,25-26,29H,14H2,1-4H3. The lowest BCUT2D eigenvalue weighted by Gasteiger charge is -2.39. The average molecular weight is 450 g/mol. The third-order valence-electron chi connectivity index (χ3n) is 6.20. The number of ketones is 1. The van der Waals surface area contributed by atoms with Crippen LogP contribution in [0.15, 0.2) is 71.6 Å². The number of hydrogen-bond acceptors (Lipinski definition) is 5. The van der Waals surface area contributed by atoms with Crippen LogP contribution >= 0.6 is 0 Å². The van der Waals surface area contributed by atoms with E-state index in [1.54, 1.807) is 33.1 Å². The predicted molar refractivity (Wildman–Crippen MR) is 123 cm³/mol. The summed E-state index contributed by atoms with van der Waals surface area (Å²) in [6.07, 6.45) is 2.08. The number of esters is 1. The van der Waals surface area contributed by atoms with Gasteiger partial charge in [0.25, 0.3) is 0 Å². The number of methoxy groups -OCH3 is 1. The van der Waals surface area contributed by atoms with Gasteiger partial charge in [-0.1, -0.05) is 30.3 Å². The van der Waals surface area contributed by atoms with Crippen LogP contribution in [-0.2, 0) is 14.3 Å². The Morgan fingerprint density at radius 2 is 1.67 bits per heavy atom. The highest BCUT2D eigenvalue weighted by Gasteiger charge is 2.45. The highest BCUT2D eigenvalue weighted by atomic mass is 19.1. The highest BCUT2D eigenvalue weighted by Crippen LogP contribution is 2.46. The van der Waals surface area contributed by atoms with E-state index in [-0.39, 0.29) is 23.6 Å². The van der Waals surface area contributed by atoms with Gasteiger partial charge in [-0.15, -0.1) is 0 Å². The van der Waals surface area contributed by atoms with Gasteiger partial charge in [0.15, 0.2) is 0 Å². The number of benzene rings is 2. The molecule has 1 aliphatic heterocycles. The molecule has 4 rings (SSSR count). The number of halogens is 1. The fourth-order valence-electron chi connectivity index (χ4n) is 4.72. The molecule has 6 heteroatoms. The summed E-state index contributed by atoms with van der Waals surface area (Å²) in [5.74, 6) is -1.26. The van der Waals surface area contributed by atoms with Crippen molar-refractivity contribution in [3.63, 3.8) is 0 Å². The van der Waals surface area contributed by atoms with Gasteiger partial charge in [-0.05, 0) is 56.2 Å². The molecule has 3 unspecified atom stereocenters. The Hall–Kier alpha value is -3.41. The zero-order valence-electron chi connectivity index (χ0n) is 19.2. The van der Waals surface area contributed by atoms with E-state index in [4.69, 9.17) is 9.47 Å². The summed E-state index contributed by atoms with van der Waals surface area (Å²) < 4.78 is 24.4. The lowest BCUT2D eigenvalue weighted by molar-refractivity contribution is -0.143. The maximum Gasteiger partial charge on any atom is 0.336 e. The molecule has 1 heterocycles. The Labute approximate surface area is 193 Å². The number of fused-ring (bicyclic) bond motifs is 1. The third kappa shape index (κ3) is 4.56. The van der Waals surface area contributed by atoms with Crippen LogP contribution in [0.3, 0.4) is 0 Å². The van der Waals surface area contributed by atoms with E-state index < -0.39 is 17.8 Å². The van der Waals surface area contributed by atoms with Crippen molar-refractivity contribution >= 4 is 11.8 Å². The van der Waals surface area contributed by atoms with E-state index in [2.05, 4.69) is 11.4 Å². The Morgan fingerprint density at radius 3 is 2.27 bits per heavy atom. The molecule has 5 nitrogen and oxygen atoms in total. The zero-order chi connectivity index (χ0) is 23.7. The first-order valence-corrected chi connectivity index (χ1v) is 11.1. The molecule has 2 aromatic carbocycles. The third-order valence-corrected chi connectivity index (χ3v) is 6.20. The largest absolute Gasteiger partial charge is 0.497 e. The fraction of sp³-hybridized carbons (Fsp3) is 0.333. The molecule has 0 saturated carbocycles. The van der Waals surface area contributed by atoms with Crippen LogP contribution in [0.25, 0.3) is 0 Å². The molecule has 1 aliphatic carbocycles. The van der Waals surface area contributed by atoms with Crippen LogP contribution in [0.4, 0.5) is 4.39 Å². The van der Waals surface area contributed by atoms with Gasteiger partial charge in [-0.25, -0.2) is 9.18 Å². The molecular weight excluding hydrogens is 421 g/mol. The molecule has 0 aromatic heterocycles. The smallest absolute Gasteiger partial charge is 0.336 e. The molecule has 172 valence electrons. The number of carbonyl (C=O) groups is 2. The summed E-state index contributed by atoms with van der Waals surface area (Å²) in [5, 5.41) is 3.31. The highest BCUT2D eigenvalue weighted by molar-refractivity contribution is 5.96. The van der Waals surface area contributed by atoms with Gasteiger partial charge in [0, 0.05) is 29.7 Å². The first kappa shape index (κ1) is 22.8. The number of allylic oxidation sites excluding steroid dienone is 3. The monoisotopic (exact) mass is 449 g/mol. The van der Waals surface area contributed by atoms with Crippen LogP contribution in [-0.4, -0.2) is 25.0 Å². The topological polar surface area (TPSA) is 64.6 Å². The van der Waals surface area contributed by atoms with E-state index in [0.717, 1.165) is 17.0 Å². The Bertz CT molecular complexity index is 1120. The molecule has 2 aromatic rings. The van der Waals surface area contributed by atoms with Crippen molar-refractivity contribution < 1.29 is 23.5 Å². The van der Waals surface area contributed by atoms with Gasteiger partial charge >= 0.3 is 5.97 Å². The summed E-state index contributed by atoms with van der Waals surface area (Å²) >= 11 is 0. The van der Waals surface area contributed by atoms with Crippen LogP contribution in [0, 0.1) is 11.7 Å². The zero-order valence-corrected chi connectivity index (χ0v) is 19.2. The molecule has 0 radical (unpaired) electrons. The van der Waals surface area contributed by atoms with Crippen molar-refractivity contribution in [2.75, 3.05) is 7.11 Å². The van der Waals surface area contributed by atoms with E-state index >= 15 is 0 Å². The molecule has 0 bridgehead atoms. The first-order valence-electron chi connectivity index (χ1n) is 11.1. The summed E-state index contributed by atoms with van der Waals surface area (Å²) in [5.41, 5.74) is 3.54. The van der Waals surface area contributed by atoms with Crippen molar-refractivity contribution in [2.45, 2.75) is 45.1 Å². The molecule has 1 N–H and O–H groups in total. The van der Waals surface area contributed by atoms with Crippen LogP contribution in [0.5, 0.6) is 5.75 Å². The normalized spacial score (nSPS) is 22.4. The second-order valence-electron chi connectivity index (χ2n) is 8.80. The van der Waals surface area contributed by atoms with Crippen molar-refractivity contribution in [1.29, 1.82) is 0 Å². The molecule has 3 atom stereocenters. The SMILES string of the molecule is COc1ccc(C2C=C3NC(C)=C(C(=O)OC(C)C)C(c4ccc(F)cc4)C3C(=O)C2)cc1. The molecule has 0 saturated heterocycles. The summed E-state index contributed by atoms with van der Waals surface area (Å²) in [7, 11) is 1.62. The van der Waals surface area contributed by atoms with Crippen molar-refractivity contribution in [1.82, 2.24) is 5.32 Å². The fourth-order valence-corrected chi connectivity index (χ4v) is 4.72. The maximum atomic E-state index is 13.7. The Kier molecular flexibility index (Phi) is 6.36. The van der Waals surface area contributed by atoms with Gasteiger partial charge in [-0.3, -0.25) is 4.79 Å². The maximum absolute atomic E-state index is 13.7. The van der Waals surface area contributed by atoms with Crippen molar-refractivity contribution in [3.05, 3.63) is 88.5 Å². The Morgan fingerprint density at radius 1 is 1.03 bits per heavy atom. The van der Waals surface area contributed by atoms with Gasteiger partial charge in [0.1, 0.15) is 17.3 Å². The van der Waals surface area contributed by atoms with Gasteiger partial charge < -0.3 is 14.8 Å².